The summed E-state index contributed by atoms with van der Waals surface area (Å²) in [5.41, 5.74) is 1.71. The lowest BCUT2D eigenvalue weighted by Gasteiger charge is -2.06. The first-order chi connectivity index (χ1) is 12.5. The van der Waals surface area contributed by atoms with E-state index in [0.717, 1.165) is 11.3 Å². The second-order valence-electron chi connectivity index (χ2n) is 6.12. The summed E-state index contributed by atoms with van der Waals surface area (Å²) in [7, 11) is 1.79. The molecule has 0 saturated carbocycles. The second-order valence-corrected chi connectivity index (χ2v) is 6.12. The Hall–Kier alpha value is -3.23. The molecule has 0 fully saturated rings. The number of pyridine rings is 1. The molecule has 0 atom stereocenters. The van der Waals surface area contributed by atoms with E-state index in [-0.39, 0.29) is 6.03 Å². The van der Waals surface area contributed by atoms with Crippen LogP contribution < -0.4 is 10.6 Å². The molecule has 3 rings (SSSR count). The molecule has 0 unspecified atom stereocenters. The Balaban J connectivity index is 1.49. The van der Waals surface area contributed by atoms with Crippen LogP contribution in [0.4, 0.5) is 10.6 Å². The SMILES string of the molecule is CC(C)c1cc(NC(=O)NCCc2nc(-c3cccnc3)no2)n(C)n1. The van der Waals surface area contributed by atoms with E-state index in [1.54, 1.807) is 30.2 Å². The predicted octanol–water partition coefficient (Wildman–Crippen LogP) is 2.35. The molecule has 0 spiro atoms. The highest BCUT2D eigenvalue weighted by atomic mass is 16.5. The molecule has 2 amide bonds. The van der Waals surface area contributed by atoms with Crippen LogP contribution in [0.5, 0.6) is 0 Å². The van der Waals surface area contributed by atoms with Gasteiger partial charge in [0.05, 0.1) is 5.69 Å². The predicted molar refractivity (Wildman–Crippen MR) is 95.6 cm³/mol. The van der Waals surface area contributed by atoms with Crippen molar-refractivity contribution in [2.24, 2.45) is 7.05 Å². The van der Waals surface area contributed by atoms with E-state index in [9.17, 15) is 4.79 Å². The van der Waals surface area contributed by atoms with Crippen molar-refractivity contribution in [3.05, 3.63) is 42.2 Å². The molecule has 0 aliphatic carbocycles. The number of urea groups is 1. The van der Waals surface area contributed by atoms with Gasteiger partial charge < -0.3 is 9.84 Å². The maximum atomic E-state index is 12.0. The minimum atomic E-state index is -0.310. The van der Waals surface area contributed by atoms with Gasteiger partial charge in [0.15, 0.2) is 0 Å². The largest absolute Gasteiger partial charge is 0.339 e. The number of aromatic nitrogens is 5. The fraction of sp³-hybridized carbons (Fsp3) is 0.353. The molecule has 0 aliphatic rings. The summed E-state index contributed by atoms with van der Waals surface area (Å²) in [6.45, 7) is 4.47. The van der Waals surface area contributed by atoms with Gasteiger partial charge in [0, 0.05) is 44.0 Å². The van der Waals surface area contributed by atoms with Gasteiger partial charge in [0.2, 0.25) is 11.7 Å². The molecule has 0 aliphatic heterocycles. The lowest BCUT2D eigenvalue weighted by molar-refractivity contribution is 0.251. The Morgan fingerprint density at radius 3 is 2.92 bits per heavy atom. The van der Waals surface area contributed by atoms with Crippen LogP contribution in [0.2, 0.25) is 0 Å². The fourth-order valence-electron chi connectivity index (χ4n) is 2.30. The third-order valence-corrected chi connectivity index (χ3v) is 3.74. The van der Waals surface area contributed by atoms with E-state index >= 15 is 0 Å². The van der Waals surface area contributed by atoms with Crippen LogP contribution in [0, 0.1) is 0 Å². The Labute approximate surface area is 150 Å². The third-order valence-electron chi connectivity index (χ3n) is 3.74. The number of carbonyl (C=O) groups excluding carboxylic acids is 1. The third kappa shape index (κ3) is 4.24. The number of rotatable bonds is 6. The van der Waals surface area contributed by atoms with Gasteiger partial charge >= 0.3 is 6.03 Å². The summed E-state index contributed by atoms with van der Waals surface area (Å²) < 4.78 is 6.84. The number of hydrogen-bond donors (Lipinski definition) is 2. The Morgan fingerprint density at radius 1 is 1.38 bits per heavy atom. The van der Waals surface area contributed by atoms with E-state index in [2.05, 4.69) is 44.7 Å². The normalized spacial score (nSPS) is 10.9. The minimum Gasteiger partial charge on any atom is -0.339 e. The number of carbonyl (C=O) groups is 1. The Kier molecular flexibility index (Phi) is 5.26. The van der Waals surface area contributed by atoms with Crippen LogP contribution in [-0.4, -0.2) is 37.5 Å². The van der Waals surface area contributed by atoms with Crippen LogP contribution in [0.25, 0.3) is 11.4 Å². The highest BCUT2D eigenvalue weighted by molar-refractivity contribution is 5.88. The molecule has 0 radical (unpaired) electrons. The second kappa shape index (κ2) is 7.77. The standard InChI is InChI=1S/C17H21N7O2/c1-11(2)13-9-14(24(3)22-13)20-17(25)19-8-6-15-21-16(23-26-15)12-5-4-7-18-10-12/h4-5,7,9-11H,6,8H2,1-3H3,(H2,19,20,25). The lowest BCUT2D eigenvalue weighted by atomic mass is 10.1. The zero-order valence-electron chi connectivity index (χ0n) is 14.9. The monoisotopic (exact) mass is 355 g/mol. The smallest absolute Gasteiger partial charge is 0.320 e. The topological polar surface area (TPSA) is 111 Å². The fourth-order valence-corrected chi connectivity index (χ4v) is 2.30. The summed E-state index contributed by atoms with van der Waals surface area (Å²) in [6, 6.07) is 5.21. The molecule has 0 saturated heterocycles. The number of hydrogen-bond acceptors (Lipinski definition) is 6. The van der Waals surface area contributed by atoms with Crippen molar-refractivity contribution in [3.8, 4) is 11.4 Å². The number of nitrogens with zero attached hydrogens (tertiary/aromatic N) is 5. The first kappa shape index (κ1) is 17.6. The molecular formula is C17H21N7O2. The van der Waals surface area contributed by atoms with Crippen LogP contribution in [-0.2, 0) is 13.5 Å². The zero-order valence-corrected chi connectivity index (χ0v) is 14.9. The first-order valence-corrected chi connectivity index (χ1v) is 8.34. The number of amides is 2. The van der Waals surface area contributed by atoms with E-state index in [0.29, 0.717) is 36.4 Å². The molecule has 0 bridgehead atoms. The summed E-state index contributed by atoms with van der Waals surface area (Å²) >= 11 is 0. The Morgan fingerprint density at radius 2 is 2.23 bits per heavy atom. The van der Waals surface area contributed by atoms with Gasteiger partial charge in [0.1, 0.15) is 5.82 Å². The summed E-state index contributed by atoms with van der Waals surface area (Å²) in [5.74, 6) is 1.87. The summed E-state index contributed by atoms with van der Waals surface area (Å²) in [4.78, 5) is 20.3. The van der Waals surface area contributed by atoms with Crippen LogP contribution in [0.1, 0.15) is 31.4 Å². The van der Waals surface area contributed by atoms with Gasteiger partial charge in [-0.15, -0.1) is 0 Å². The molecule has 0 aromatic carbocycles. The van der Waals surface area contributed by atoms with Crippen molar-refractivity contribution in [2.45, 2.75) is 26.2 Å². The molecule has 26 heavy (non-hydrogen) atoms. The molecule has 3 heterocycles. The van der Waals surface area contributed by atoms with Crippen molar-refractivity contribution < 1.29 is 9.32 Å². The number of anilines is 1. The van der Waals surface area contributed by atoms with E-state index in [1.807, 2.05) is 12.1 Å². The average Bonchev–Trinajstić information content (AvgIpc) is 3.23. The van der Waals surface area contributed by atoms with Crippen LogP contribution in [0.3, 0.4) is 0 Å². The van der Waals surface area contributed by atoms with Gasteiger partial charge in [-0.3, -0.25) is 15.0 Å². The molecule has 3 aromatic heterocycles. The molecular weight excluding hydrogens is 334 g/mol. The molecule has 9 nitrogen and oxygen atoms in total. The van der Waals surface area contributed by atoms with Gasteiger partial charge in [-0.05, 0) is 18.1 Å². The number of nitrogens with one attached hydrogen (secondary N) is 2. The van der Waals surface area contributed by atoms with Crippen molar-refractivity contribution >= 4 is 11.8 Å². The highest BCUT2D eigenvalue weighted by Crippen LogP contribution is 2.17. The van der Waals surface area contributed by atoms with E-state index in [1.165, 1.54) is 0 Å². The quantitative estimate of drug-likeness (QED) is 0.702. The van der Waals surface area contributed by atoms with Gasteiger partial charge in [0.25, 0.3) is 0 Å². The minimum absolute atomic E-state index is 0.298. The van der Waals surface area contributed by atoms with Crippen molar-refractivity contribution in [2.75, 3.05) is 11.9 Å². The van der Waals surface area contributed by atoms with Gasteiger partial charge in [-0.2, -0.15) is 10.1 Å². The van der Waals surface area contributed by atoms with Crippen LogP contribution in [0.15, 0.2) is 35.1 Å². The van der Waals surface area contributed by atoms with Gasteiger partial charge in [-0.1, -0.05) is 19.0 Å². The zero-order chi connectivity index (χ0) is 18.5. The molecule has 2 N–H and O–H groups in total. The van der Waals surface area contributed by atoms with Crippen molar-refractivity contribution in [1.29, 1.82) is 0 Å². The maximum absolute atomic E-state index is 12.0. The summed E-state index contributed by atoms with van der Waals surface area (Å²) in [5, 5.41) is 13.8. The first-order valence-electron chi connectivity index (χ1n) is 8.34. The lowest BCUT2D eigenvalue weighted by Crippen LogP contribution is -2.31. The number of aryl methyl sites for hydroxylation is 1. The maximum Gasteiger partial charge on any atom is 0.320 e. The van der Waals surface area contributed by atoms with E-state index in [4.69, 9.17) is 4.52 Å². The molecule has 3 aromatic rings. The molecule has 9 heteroatoms. The summed E-state index contributed by atoms with van der Waals surface area (Å²) in [6.07, 6.45) is 3.78. The van der Waals surface area contributed by atoms with Crippen LogP contribution >= 0.6 is 0 Å². The van der Waals surface area contributed by atoms with Crippen molar-refractivity contribution in [1.82, 2.24) is 30.2 Å². The Bertz CT molecular complexity index is 870. The van der Waals surface area contributed by atoms with E-state index < -0.39 is 0 Å². The average molecular weight is 355 g/mol. The van der Waals surface area contributed by atoms with Gasteiger partial charge in [-0.25, -0.2) is 4.79 Å². The van der Waals surface area contributed by atoms with Crippen molar-refractivity contribution in [3.63, 3.8) is 0 Å². The molecule has 136 valence electrons. The highest BCUT2D eigenvalue weighted by Gasteiger charge is 2.12.